The second-order valence-corrected chi connectivity index (χ2v) is 6.19. The summed E-state index contributed by atoms with van der Waals surface area (Å²) in [5, 5.41) is 3.41. The third-order valence-corrected chi connectivity index (χ3v) is 4.40. The molecule has 0 fully saturated rings. The third kappa shape index (κ3) is 4.39. The van der Waals surface area contributed by atoms with E-state index in [0.717, 1.165) is 18.8 Å². The van der Waals surface area contributed by atoms with Crippen LogP contribution in [0.1, 0.15) is 29.2 Å². The van der Waals surface area contributed by atoms with E-state index in [1.807, 2.05) is 11.8 Å². The van der Waals surface area contributed by atoms with E-state index in [4.69, 9.17) is 0 Å². The molecule has 2 heteroatoms. The van der Waals surface area contributed by atoms with Crippen LogP contribution in [0.15, 0.2) is 47.4 Å². The molecule has 0 atom stereocenters. The number of hydrogen-bond donors (Lipinski definition) is 1. The van der Waals surface area contributed by atoms with E-state index in [1.165, 1.54) is 27.1 Å². The molecule has 0 radical (unpaired) electrons. The molecule has 106 valence electrons. The SMILES string of the molecule is CCNCc1ccccc1SCc1cc(C)cc(C)c1. The Morgan fingerprint density at radius 1 is 1.00 bits per heavy atom. The van der Waals surface area contributed by atoms with E-state index in [9.17, 15) is 0 Å². The van der Waals surface area contributed by atoms with E-state index < -0.39 is 0 Å². The van der Waals surface area contributed by atoms with Crippen molar-refractivity contribution in [3.63, 3.8) is 0 Å². The number of hydrogen-bond acceptors (Lipinski definition) is 2. The standard InChI is InChI=1S/C18H23NS/c1-4-19-12-17-7-5-6-8-18(17)20-13-16-10-14(2)9-15(3)11-16/h5-11,19H,4,12-13H2,1-3H3. The zero-order valence-corrected chi connectivity index (χ0v) is 13.4. The lowest BCUT2D eigenvalue weighted by atomic mass is 10.1. The summed E-state index contributed by atoms with van der Waals surface area (Å²) in [6.07, 6.45) is 0. The number of nitrogens with one attached hydrogen (secondary N) is 1. The quantitative estimate of drug-likeness (QED) is 0.772. The lowest BCUT2D eigenvalue weighted by Crippen LogP contribution is -2.12. The largest absolute Gasteiger partial charge is 0.313 e. The third-order valence-electron chi connectivity index (χ3n) is 3.21. The van der Waals surface area contributed by atoms with Crippen molar-refractivity contribution in [2.75, 3.05) is 6.54 Å². The molecular formula is C18H23NS. The van der Waals surface area contributed by atoms with Crippen LogP contribution in [0.3, 0.4) is 0 Å². The highest BCUT2D eigenvalue weighted by molar-refractivity contribution is 7.98. The Labute approximate surface area is 126 Å². The molecule has 2 aromatic carbocycles. The molecular weight excluding hydrogens is 262 g/mol. The lowest BCUT2D eigenvalue weighted by molar-refractivity contribution is 0.718. The summed E-state index contributed by atoms with van der Waals surface area (Å²) in [6, 6.07) is 15.5. The van der Waals surface area contributed by atoms with Gasteiger partial charge in [0.15, 0.2) is 0 Å². The van der Waals surface area contributed by atoms with Gasteiger partial charge in [-0.2, -0.15) is 0 Å². The van der Waals surface area contributed by atoms with Crippen molar-refractivity contribution >= 4 is 11.8 Å². The Kier molecular flexibility index (Phi) is 5.69. The highest BCUT2D eigenvalue weighted by Gasteiger charge is 2.03. The summed E-state index contributed by atoms with van der Waals surface area (Å²) >= 11 is 1.93. The molecule has 0 spiro atoms. The van der Waals surface area contributed by atoms with Crippen LogP contribution >= 0.6 is 11.8 Å². The first-order valence-electron chi connectivity index (χ1n) is 7.17. The van der Waals surface area contributed by atoms with E-state index >= 15 is 0 Å². The minimum Gasteiger partial charge on any atom is -0.313 e. The number of rotatable bonds is 6. The fourth-order valence-electron chi connectivity index (χ4n) is 2.36. The molecule has 0 unspecified atom stereocenters. The number of thioether (sulfide) groups is 1. The molecule has 0 saturated carbocycles. The molecule has 0 aliphatic heterocycles. The maximum Gasteiger partial charge on any atom is 0.0232 e. The predicted molar refractivity (Wildman–Crippen MR) is 89.3 cm³/mol. The van der Waals surface area contributed by atoms with Gasteiger partial charge in [-0.1, -0.05) is 54.4 Å². The van der Waals surface area contributed by atoms with Gasteiger partial charge >= 0.3 is 0 Å². The molecule has 1 nitrogen and oxygen atoms in total. The van der Waals surface area contributed by atoms with E-state index in [1.54, 1.807) is 0 Å². The molecule has 2 aromatic rings. The van der Waals surface area contributed by atoms with Gasteiger partial charge in [-0.3, -0.25) is 0 Å². The van der Waals surface area contributed by atoms with Gasteiger partial charge in [0.05, 0.1) is 0 Å². The monoisotopic (exact) mass is 285 g/mol. The topological polar surface area (TPSA) is 12.0 Å². The van der Waals surface area contributed by atoms with Crippen LogP contribution in [-0.2, 0) is 12.3 Å². The van der Waals surface area contributed by atoms with Crippen molar-refractivity contribution < 1.29 is 0 Å². The Bertz CT molecular complexity index is 543. The van der Waals surface area contributed by atoms with Crippen molar-refractivity contribution in [3.05, 3.63) is 64.7 Å². The first kappa shape index (κ1) is 15.1. The van der Waals surface area contributed by atoms with Crippen molar-refractivity contribution in [3.8, 4) is 0 Å². The maximum absolute atomic E-state index is 3.41. The van der Waals surface area contributed by atoms with Gasteiger partial charge in [0.25, 0.3) is 0 Å². The highest BCUT2D eigenvalue weighted by Crippen LogP contribution is 2.27. The maximum atomic E-state index is 3.41. The summed E-state index contributed by atoms with van der Waals surface area (Å²) in [4.78, 5) is 1.38. The van der Waals surface area contributed by atoms with Crippen molar-refractivity contribution in [1.29, 1.82) is 0 Å². The normalized spacial score (nSPS) is 10.8. The zero-order valence-electron chi connectivity index (χ0n) is 12.6. The first-order chi connectivity index (χ1) is 9.69. The summed E-state index contributed by atoms with van der Waals surface area (Å²) < 4.78 is 0. The molecule has 20 heavy (non-hydrogen) atoms. The van der Waals surface area contributed by atoms with Crippen LogP contribution in [0.5, 0.6) is 0 Å². The second-order valence-electron chi connectivity index (χ2n) is 5.17. The summed E-state index contributed by atoms with van der Waals surface area (Å²) in [5.74, 6) is 1.03. The van der Waals surface area contributed by atoms with Gasteiger partial charge in [0.2, 0.25) is 0 Å². The number of benzene rings is 2. The van der Waals surface area contributed by atoms with E-state index in [2.05, 4.69) is 68.6 Å². The van der Waals surface area contributed by atoms with Crippen LogP contribution in [0.2, 0.25) is 0 Å². The number of aryl methyl sites for hydroxylation is 2. The Hall–Kier alpha value is -1.25. The van der Waals surface area contributed by atoms with Gasteiger partial charge < -0.3 is 5.32 Å². The van der Waals surface area contributed by atoms with E-state index in [0.29, 0.717) is 0 Å². The molecule has 0 heterocycles. The molecule has 1 N–H and O–H groups in total. The van der Waals surface area contributed by atoms with Crippen LogP contribution < -0.4 is 5.32 Å². The zero-order chi connectivity index (χ0) is 14.4. The molecule has 0 bridgehead atoms. The van der Waals surface area contributed by atoms with Crippen LogP contribution in [0, 0.1) is 13.8 Å². The fourth-order valence-corrected chi connectivity index (χ4v) is 3.35. The molecule has 0 aliphatic rings. The van der Waals surface area contributed by atoms with Crippen LogP contribution in [0.4, 0.5) is 0 Å². The molecule has 0 saturated heterocycles. The summed E-state index contributed by atoms with van der Waals surface area (Å²) in [7, 11) is 0. The first-order valence-corrected chi connectivity index (χ1v) is 8.16. The van der Waals surface area contributed by atoms with Gasteiger partial charge in [-0.05, 0) is 37.6 Å². The molecule has 0 aliphatic carbocycles. The minimum atomic E-state index is 0.951. The Balaban J connectivity index is 2.06. The smallest absolute Gasteiger partial charge is 0.0232 e. The van der Waals surface area contributed by atoms with Gasteiger partial charge in [-0.15, -0.1) is 11.8 Å². The van der Waals surface area contributed by atoms with Crippen molar-refractivity contribution in [2.45, 2.75) is 38.0 Å². The summed E-state index contributed by atoms with van der Waals surface area (Å²) in [6.45, 7) is 8.44. The summed E-state index contributed by atoms with van der Waals surface area (Å²) in [5.41, 5.74) is 5.50. The molecule has 2 rings (SSSR count). The van der Waals surface area contributed by atoms with E-state index in [-0.39, 0.29) is 0 Å². The fraction of sp³-hybridized carbons (Fsp3) is 0.333. The van der Waals surface area contributed by atoms with Gasteiger partial charge in [0, 0.05) is 17.2 Å². The average Bonchev–Trinajstić information content (AvgIpc) is 2.43. The predicted octanol–water partition coefficient (Wildman–Crippen LogP) is 4.71. The highest BCUT2D eigenvalue weighted by atomic mass is 32.2. The second kappa shape index (κ2) is 7.51. The van der Waals surface area contributed by atoms with Gasteiger partial charge in [0.1, 0.15) is 0 Å². The Morgan fingerprint density at radius 3 is 2.40 bits per heavy atom. The van der Waals surface area contributed by atoms with Gasteiger partial charge in [-0.25, -0.2) is 0 Å². The van der Waals surface area contributed by atoms with Crippen molar-refractivity contribution in [2.24, 2.45) is 0 Å². The lowest BCUT2D eigenvalue weighted by Gasteiger charge is -2.10. The molecule has 0 aromatic heterocycles. The Morgan fingerprint density at radius 2 is 1.70 bits per heavy atom. The van der Waals surface area contributed by atoms with Crippen LogP contribution in [0.25, 0.3) is 0 Å². The average molecular weight is 285 g/mol. The minimum absolute atomic E-state index is 0.951. The van der Waals surface area contributed by atoms with Crippen LogP contribution in [-0.4, -0.2) is 6.54 Å². The molecule has 0 amide bonds. The van der Waals surface area contributed by atoms with Crippen molar-refractivity contribution in [1.82, 2.24) is 5.32 Å².